The van der Waals surface area contributed by atoms with Crippen molar-refractivity contribution < 1.29 is 22.0 Å². The molecule has 0 aliphatic carbocycles. The minimum Gasteiger partial charge on any atom is -1.00 e. The molecule has 140 valence electrons. The molecule has 4 nitrogen and oxygen atoms in total. The molecule has 0 saturated heterocycles. The first-order valence-electron chi connectivity index (χ1n) is 9.20. The molecule has 0 saturated carbocycles. The van der Waals surface area contributed by atoms with Crippen LogP contribution >= 0.6 is 8.60 Å². The first-order chi connectivity index (χ1) is 11.2. The van der Waals surface area contributed by atoms with Crippen molar-refractivity contribution in [1.82, 2.24) is 0 Å². The number of rotatable bonds is 16. The van der Waals surface area contributed by atoms with Gasteiger partial charge in [-0.2, -0.15) is 0 Å². The van der Waals surface area contributed by atoms with E-state index >= 15 is 0 Å². The van der Waals surface area contributed by atoms with Gasteiger partial charge in [0.25, 0.3) is 0 Å². The Morgan fingerprint density at radius 1 is 0.875 bits per heavy atom. The van der Waals surface area contributed by atoms with Gasteiger partial charge in [-0.3, -0.25) is 4.79 Å². The molecule has 0 amide bonds. The quantitative estimate of drug-likeness (QED) is 0.129. The van der Waals surface area contributed by atoms with Gasteiger partial charge in [-0.15, -0.1) is 0 Å². The summed E-state index contributed by atoms with van der Waals surface area (Å²) in [6.07, 6.45) is 20.7. The van der Waals surface area contributed by atoms with E-state index < -0.39 is 14.6 Å². The Kier molecular flexibility index (Phi) is 25.3. The Morgan fingerprint density at radius 3 is 1.83 bits per heavy atom. The maximum Gasteiger partial charge on any atom is 2.00 e. The van der Waals surface area contributed by atoms with Crippen LogP contribution in [0.1, 0.15) is 99.7 Å². The molecular weight excluding hydrogens is 448 g/mol. The summed E-state index contributed by atoms with van der Waals surface area (Å²) >= 11 is 0. The Hall–Kier alpha value is 1.13. The molecule has 0 aromatic carbocycles. The van der Waals surface area contributed by atoms with E-state index in [1.165, 1.54) is 57.8 Å². The SMILES string of the molecule is CCCCCCCC/C=C\CCCCCCCC(=O)OP(O)O.[Ba+2].[H-].[H-]. The van der Waals surface area contributed by atoms with Crippen LogP contribution in [-0.4, -0.2) is 64.6 Å². The van der Waals surface area contributed by atoms with Crippen molar-refractivity contribution in [3.8, 4) is 0 Å². The van der Waals surface area contributed by atoms with Gasteiger partial charge in [0.1, 0.15) is 0 Å². The van der Waals surface area contributed by atoms with E-state index in [-0.39, 0.29) is 58.2 Å². The van der Waals surface area contributed by atoms with E-state index in [0.717, 1.165) is 25.7 Å². The monoisotopic (exact) mass is 486 g/mol. The molecule has 0 radical (unpaired) electrons. The molecule has 0 aliphatic heterocycles. The average Bonchev–Trinajstić information content (AvgIpc) is 2.50. The molecule has 0 rings (SSSR count). The summed E-state index contributed by atoms with van der Waals surface area (Å²) in [6, 6.07) is 0. The van der Waals surface area contributed by atoms with Crippen molar-refractivity contribution >= 4 is 63.5 Å². The van der Waals surface area contributed by atoms with Crippen molar-refractivity contribution in [3.63, 3.8) is 0 Å². The number of carbonyl (C=O) groups excluding carboxylic acids is 1. The van der Waals surface area contributed by atoms with Crippen LogP contribution in [0.3, 0.4) is 0 Å². The van der Waals surface area contributed by atoms with Crippen LogP contribution in [0.15, 0.2) is 12.2 Å². The molecule has 0 fully saturated rings. The van der Waals surface area contributed by atoms with Crippen molar-refractivity contribution in [3.05, 3.63) is 12.2 Å². The van der Waals surface area contributed by atoms with Crippen LogP contribution in [0, 0.1) is 0 Å². The Labute approximate surface area is 192 Å². The van der Waals surface area contributed by atoms with E-state index in [4.69, 9.17) is 9.79 Å². The summed E-state index contributed by atoms with van der Waals surface area (Å²) in [5, 5.41) is 0. The van der Waals surface area contributed by atoms with Crippen molar-refractivity contribution in [1.29, 1.82) is 0 Å². The van der Waals surface area contributed by atoms with E-state index in [2.05, 4.69) is 23.6 Å². The van der Waals surface area contributed by atoms with Gasteiger partial charge in [0.15, 0.2) is 0 Å². The number of hydrogen-bond acceptors (Lipinski definition) is 4. The molecule has 24 heavy (non-hydrogen) atoms. The first-order valence-corrected chi connectivity index (χ1v) is 10.4. The average molecular weight is 486 g/mol. The summed E-state index contributed by atoms with van der Waals surface area (Å²) in [4.78, 5) is 28.1. The molecule has 0 aromatic heterocycles. The molecule has 0 heterocycles. The number of unbranched alkanes of at least 4 members (excludes halogenated alkanes) is 11. The number of carbonyl (C=O) groups is 1. The molecule has 0 aliphatic rings. The molecule has 6 heteroatoms. The molecule has 0 aromatic rings. The minimum atomic E-state index is -2.54. The summed E-state index contributed by atoms with van der Waals surface area (Å²) in [5.41, 5.74) is 0. The smallest absolute Gasteiger partial charge is 1.00 e. The van der Waals surface area contributed by atoms with Crippen molar-refractivity contribution in [2.75, 3.05) is 0 Å². The second kappa shape index (κ2) is 22.2. The molecule has 0 unspecified atom stereocenters. The summed E-state index contributed by atoms with van der Waals surface area (Å²) < 4.78 is 4.30. The van der Waals surface area contributed by atoms with Crippen LogP contribution in [0.2, 0.25) is 0 Å². The van der Waals surface area contributed by atoms with Crippen LogP contribution in [0.25, 0.3) is 0 Å². The van der Waals surface area contributed by atoms with Gasteiger partial charge < -0.3 is 17.2 Å². The van der Waals surface area contributed by atoms with Gasteiger partial charge in [0.05, 0.1) is 0 Å². The van der Waals surface area contributed by atoms with Gasteiger partial charge in [-0.25, -0.2) is 0 Å². The fourth-order valence-electron chi connectivity index (χ4n) is 2.48. The predicted octanol–water partition coefficient (Wildman–Crippen LogP) is 5.62. The Balaban J connectivity index is -0.000000807. The maximum absolute atomic E-state index is 11.1. The van der Waals surface area contributed by atoms with E-state index in [1.807, 2.05) is 0 Å². The number of allylic oxidation sites excluding steroid dienone is 2. The third kappa shape index (κ3) is 23.1. The maximum atomic E-state index is 11.1. The summed E-state index contributed by atoms with van der Waals surface area (Å²) in [5.74, 6) is -0.515. The third-order valence-corrected chi connectivity index (χ3v) is 4.19. The zero-order valence-corrected chi connectivity index (χ0v) is 20.8. The second-order valence-electron chi connectivity index (χ2n) is 6.05. The van der Waals surface area contributed by atoms with Crippen molar-refractivity contribution in [2.24, 2.45) is 0 Å². The molecular formula is C18H37BaO4P. The fourth-order valence-corrected chi connectivity index (χ4v) is 2.75. The van der Waals surface area contributed by atoms with Crippen LogP contribution in [-0.2, 0) is 9.32 Å². The Morgan fingerprint density at radius 2 is 1.33 bits per heavy atom. The van der Waals surface area contributed by atoms with Crippen LogP contribution in [0.4, 0.5) is 0 Å². The van der Waals surface area contributed by atoms with Crippen molar-refractivity contribution in [2.45, 2.75) is 96.8 Å². The molecule has 0 spiro atoms. The van der Waals surface area contributed by atoms with Crippen LogP contribution < -0.4 is 0 Å². The summed E-state index contributed by atoms with van der Waals surface area (Å²) in [6.45, 7) is 2.25. The summed E-state index contributed by atoms with van der Waals surface area (Å²) in [7, 11) is -2.54. The van der Waals surface area contributed by atoms with Crippen LogP contribution in [0.5, 0.6) is 0 Å². The molecule has 0 atom stereocenters. The molecule has 0 bridgehead atoms. The standard InChI is InChI=1S/C18H35O4P.Ba.2H/c1-2-3-4-5-6-7-8-9-10-11-12-13-14-15-16-17-18(19)22-23(20)21;;;/h9-10,20-21H,2-8,11-17H2,1H3;;;/q;+2;2*-1/b10-9-;;;. The van der Waals surface area contributed by atoms with E-state index in [0.29, 0.717) is 0 Å². The first kappa shape index (κ1) is 27.4. The van der Waals surface area contributed by atoms with Gasteiger partial charge >= 0.3 is 63.5 Å². The second-order valence-corrected chi connectivity index (χ2v) is 6.74. The zero-order chi connectivity index (χ0) is 17.2. The largest absolute Gasteiger partial charge is 2.00 e. The zero-order valence-electron chi connectivity index (χ0n) is 17.4. The topological polar surface area (TPSA) is 66.8 Å². The normalized spacial score (nSPS) is 11.0. The van der Waals surface area contributed by atoms with E-state index in [1.54, 1.807) is 0 Å². The predicted molar refractivity (Wildman–Crippen MR) is 105 cm³/mol. The fraction of sp³-hybridized carbons (Fsp3) is 0.833. The Bertz CT molecular complexity index is 309. The third-order valence-electron chi connectivity index (χ3n) is 3.83. The van der Waals surface area contributed by atoms with E-state index in [9.17, 15) is 4.79 Å². The molecule has 2 N–H and O–H groups in total. The van der Waals surface area contributed by atoms with Gasteiger partial charge in [0.2, 0.25) is 0 Å². The van der Waals surface area contributed by atoms with Gasteiger partial charge in [-0.05, 0) is 32.1 Å². The number of hydrogen-bond donors (Lipinski definition) is 2. The van der Waals surface area contributed by atoms with Gasteiger partial charge in [0, 0.05) is 6.42 Å². The minimum absolute atomic E-state index is 0. The van der Waals surface area contributed by atoms with Gasteiger partial charge in [-0.1, -0.05) is 70.4 Å².